The van der Waals surface area contributed by atoms with Crippen LogP contribution in [0.25, 0.3) is 0 Å². The second-order valence-corrected chi connectivity index (χ2v) is 7.16. The number of piperidine rings is 1. The van der Waals surface area contributed by atoms with E-state index in [4.69, 9.17) is 4.74 Å². The summed E-state index contributed by atoms with van der Waals surface area (Å²) < 4.78 is 5.69. The quantitative estimate of drug-likeness (QED) is 0.787. The van der Waals surface area contributed by atoms with Crippen LogP contribution in [0.4, 0.5) is 5.69 Å². The van der Waals surface area contributed by atoms with Gasteiger partial charge in [0.15, 0.2) is 0 Å². The minimum atomic E-state index is -0.539. The standard InChI is InChI=1S/C22H28N2O3/c1-17(25)23-20-8-5-9-22(14-20)27-16-21(26)15-24-12-10-19(11-13-24)18-6-3-2-4-7-18/h2-9,14,19,21,26H,10-13,15-16H2,1H3,(H,23,25). The van der Waals surface area contributed by atoms with E-state index < -0.39 is 6.10 Å². The van der Waals surface area contributed by atoms with Gasteiger partial charge in [0.2, 0.25) is 5.91 Å². The number of rotatable bonds is 7. The maximum absolute atomic E-state index is 11.1. The highest BCUT2D eigenvalue weighted by atomic mass is 16.5. The predicted molar refractivity (Wildman–Crippen MR) is 107 cm³/mol. The fraction of sp³-hybridized carbons (Fsp3) is 0.409. The van der Waals surface area contributed by atoms with Crippen molar-refractivity contribution < 1.29 is 14.6 Å². The van der Waals surface area contributed by atoms with E-state index >= 15 is 0 Å². The lowest BCUT2D eigenvalue weighted by atomic mass is 9.89. The maximum atomic E-state index is 11.1. The molecule has 0 saturated carbocycles. The number of carbonyl (C=O) groups excluding carboxylic acids is 1. The van der Waals surface area contributed by atoms with Crippen molar-refractivity contribution in [1.29, 1.82) is 0 Å². The Morgan fingerprint density at radius 2 is 1.93 bits per heavy atom. The SMILES string of the molecule is CC(=O)Nc1cccc(OCC(O)CN2CCC(c3ccccc3)CC2)c1. The number of carbonyl (C=O) groups is 1. The molecule has 1 unspecified atom stereocenters. The molecule has 5 nitrogen and oxygen atoms in total. The van der Waals surface area contributed by atoms with Gasteiger partial charge in [0, 0.05) is 25.2 Å². The number of β-amino-alcohol motifs (C(OH)–C–C–N with tert-alkyl or cyclic N) is 1. The Balaban J connectivity index is 1.41. The molecule has 1 amide bonds. The van der Waals surface area contributed by atoms with Gasteiger partial charge in [-0.25, -0.2) is 0 Å². The summed E-state index contributed by atoms with van der Waals surface area (Å²) in [6, 6.07) is 17.9. The van der Waals surface area contributed by atoms with Gasteiger partial charge < -0.3 is 20.1 Å². The summed E-state index contributed by atoms with van der Waals surface area (Å²) in [7, 11) is 0. The highest BCUT2D eigenvalue weighted by molar-refractivity contribution is 5.88. The molecule has 0 bridgehead atoms. The van der Waals surface area contributed by atoms with E-state index in [-0.39, 0.29) is 12.5 Å². The first kappa shape index (κ1) is 19.4. The van der Waals surface area contributed by atoms with Crippen molar-refractivity contribution in [2.75, 3.05) is 31.6 Å². The Morgan fingerprint density at radius 1 is 1.19 bits per heavy atom. The molecule has 1 atom stereocenters. The molecule has 0 aliphatic carbocycles. The number of hydrogen-bond acceptors (Lipinski definition) is 4. The van der Waals surface area contributed by atoms with Gasteiger partial charge >= 0.3 is 0 Å². The molecule has 1 aliphatic heterocycles. The molecule has 2 aromatic carbocycles. The highest BCUT2D eigenvalue weighted by Crippen LogP contribution is 2.27. The lowest BCUT2D eigenvalue weighted by Gasteiger charge is -2.33. The van der Waals surface area contributed by atoms with E-state index in [1.165, 1.54) is 12.5 Å². The first-order valence-electron chi connectivity index (χ1n) is 9.56. The third-order valence-electron chi connectivity index (χ3n) is 4.92. The van der Waals surface area contributed by atoms with Crippen molar-refractivity contribution in [3.8, 4) is 5.75 Å². The molecule has 1 heterocycles. The molecule has 2 aromatic rings. The van der Waals surface area contributed by atoms with Crippen molar-refractivity contribution in [1.82, 2.24) is 4.90 Å². The Morgan fingerprint density at radius 3 is 2.63 bits per heavy atom. The molecule has 1 aliphatic rings. The van der Waals surface area contributed by atoms with Gasteiger partial charge in [-0.3, -0.25) is 4.79 Å². The van der Waals surface area contributed by atoms with Crippen LogP contribution in [0, 0.1) is 0 Å². The number of hydrogen-bond donors (Lipinski definition) is 2. The molecule has 1 saturated heterocycles. The van der Waals surface area contributed by atoms with Crippen molar-refractivity contribution in [2.45, 2.75) is 31.8 Å². The van der Waals surface area contributed by atoms with Gasteiger partial charge in [-0.15, -0.1) is 0 Å². The molecule has 27 heavy (non-hydrogen) atoms. The minimum Gasteiger partial charge on any atom is -0.491 e. The van der Waals surface area contributed by atoms with Gasteiger partial charge in [0.1, 0.15) is 18.5 Å². The number of likely N-dealkylation sites (tertiary alicyclic amines) is 1. The molecule has 5 heteroatoms. The first-order valence-corrected chi connectivity index (χ1v) is 9.56. The average Bonchev–Trinajstić information content (AvgIpc) is 2.67. The summed E-state index contributed by atoms with van der Waals surface area (Å²) in [5, 5.41) is 13.1. The number of amides is 1. The molecule has 0 radical (unpaired) electrons. The van der Waals surface area contributed by atoms with Crippen LogP contribution in [0.1, 0.15) is 31.2 Å². The number of nitrogens with one attached hydrogen (secondary N) is 1. The zero-order valence-electron chi connectivity index (χ0n) is 15.8. The smallest absolute Gasteiger partial charge is 0.221 e. The minimum absolute atomic E-state index is 0.119. The van der Waals surface area contributed by atoms with Gasteiger partial charge in [-0.2, -0.15) is 0 Å². The number of aliphatic hydroxyl groups is 1. The fourth-order valence-corrected chi connectivity index (χ4v) is 3.58. The number of nitrogens with zero attached hydrogens (tertiary/aromatic N) is 1. The predicted octanol–water partition coefficient (Wildman–Crippen LogP) is 3.26. The largest absolute Gasteiger partial charge is 0.491 e. The van der Waals surface area contributed by atoms with Gasteiger partial charge in [0.25, 0.3) is 0 Å². The molecular weight excluding hydrogens is 340 g/mol. The van der Waals surface area contributed by atoms with Gasteiger partial charge in [0.05, 0.1) is 0 Å². The Kier molecular flexibility index (Phi) is 6.85. The van der Waals surface area contributed by atoms with Crippen LogP contribution in [-0.4, -0.2) is 48.3 Å². The average molecular weight is 368 g/mol. The molecule has 0 spiro atoms. The zero-order valence-corrected chi connectivity index (χ0v) is 15.8. The number of anilines is 1. The fourth-order valence-electron chi connectivity index (χ4n) is 3.58. The lowest BCUT2D eigenvalue weighted by Crippen LogP contribution is -2.40. The topological polar surface area (TPSA) is 61.8 Å². The summed E-state index contributed by atoms with van der Waals surface area (Å²) in [5.41, 5.74) is 2.11. The van der Waals surface area contributed by atoms with Crippen LogP contribution in [0.5, 0.6) is 5.75 Å². The molecular formula is C22H28N2O3. The lowest BCUT2D eigenvalue weighted by molar-refractivity contribution is -0.114. The summed E-state index contributed by atoms with van der Waals surface area (Å²) in [6.07, 6.45) is 1.70. The van der Waals surface area contributed by atoms with Crippen LogP contribution in [0.3, 0.4) is 0 Å². The number of aliphatic hydroxyl groups excluding tert-OH is 1. The number of benzene rings is 2. The maximum Gasteiger partial charge on any atom is 0.221 e. The summed E-state index contributed by atoms with van der Waals surface area (Å²) in [4.78, 5) is 13.4. The molecule has 0 aromatic heterocycles. The third kappa shape index (κ3) is 6.08. The van der Waals surface area contributed by atoms with Crippen molar-refractivity contribution >= 4 is 11.6 Å². The van der Waals surface area contributed by atoms with E-state index in [0.29, 0.717) is 23.9 Å². The molecule has 144 valence electrons. The Labute approximate surface area is 161 Å². The van der Waals surface area contributed by atoms with Gasteiger partial charge in [-0.1, -0.05) is 36.4 Å². The van der Waals surface area contributed by atoms with E-state index in [1.54, 1.807) is 6.07 Å². The van der Waals surface area contributed by atoms with Gasteiger partial charge in [-0.05, 0) is 49.5 Å². The zero-order chi connectivity index (χ0) is 19.1. The Bertz CT molecular complexity index is 727. The van der Waals surface area contributed by atoms with Crippen molar-refractivity contribution in [3.05, 3.63) is 60.2 Å². The molecule has 2 N–H and O–H groups in total. The van der Waals surface area contributed by atoms with E-state index in [9.17, 15) is 9.90 Å². The summed E-state index contributed by atoms with van der Waals surface area (Å²) >= 11 is 0. The Hall–Kier alpha value is -2.37. The third-order valence-corrected chi connectivity index (χ3v) is 4.92. The normalized spacial score (nSPS) is 16.7. The molecule has 1 fully saturated rings. The number of ether oxygens (including phenoxy) is 1. The second kappa shape index (κ2) is 9.53. The van der Waals surface area contributed by atoms with Crippen LogP contribution >= 0.6 is 0 Å². The summed E-state index contributed by atoms with van der Waals surface area (Å²) in [5.74, 6) is 1.14. The first-order chi connectivity index (χ1) is 13.1. The van der Waals surface area contributed by atoms with Crippen molar-refractivity contribution in [3.63, 3.8) is 0 Å². The summed E-state index contributed by atoms with van der Waals surface area (Å²) in [6.45, 7) is 4.32. The van der Waals surface area contributed by atoms with Crippen LogP contribution in [0.15, 0.2) is 54.6 Å². The van der Waals surface area contributed by atoms with E-state index in [2.05, 4.69) is 40.5 Å². The van der Waals surface area contributed by atoms with E-state index in [0.717, 1.165) is 25.9 Å². The van der Waals surface area contributed by atoms with Crippen LogP contribution in [-0.2, 0) is 4.79 Å². The monoisotopic (exact) mass is 368 g/mol. The van der Waals surface area contributed by atoms with Crippen LogP contribution in [0.2, 0.25) is 0 Å². The van der Waals surface area contributed by atoms with E-state index in [1.807, 2.05) is 18.2 Å². The van der Waals surface area contributed by atoms with Crippen LogP contribution < -0.4 is 10.1 Å². The van der Waals surface area contributed by atoms with Crippen molar-refractivity contribution in [2.24, 2.45) is 0 Å². The second-order valence-electron chi connectivity index (χ2n) is 7.16. The highest BCUT2D eigenvalue weighted by Gasteiger charge is 2.22. The molecule has 3 rings (SSSR count).